The molecule has 6 nitrogen and oxygen atoms in total. The van der Waals surface area contributed by atoms with Crippen LogP contribution >= 0.6 is 0 Å². The number of nitrogens with zero attached hydrogens (tertiary/aromatic N) is 1. The van der Waals surface area contributed by atoms with Gasteiger partial charge in [-0.2, -0.15) is 4.31 Å². The van der Waals surface area contributed by atoms with Gasteiger partial charge in [0.2, 0.25) is 15.9 Å². The number of fused-ring (bicyclic) bond motifs is 1. The van der Waals surface area contributed by atoms with Crippen molar-refractivity contribution < 1.29 is 17.9 Å². The van der Waals surface area contributed by atoms with Gasteiger partial charge in [0.1, 0.15) is 0 Å². The van der Waals surface area contributed by atoms with E-state index in [1.54, 1.807) is 11.2 Å². The highest BCUT2D eigenvalue weighted by molar-refractivity contribution is 7.89. The summed E-state index contributed by atoms with van der Waals surface area (Å²) >= 11 is 0. The Labute approximate surface area is 120 Å². The summed E-state index contributed by atoms with van der Waals surface area (Å²) in [6.45, 7) is 3.63. The maximum absolute atomic E-state index is 12.3. The van der Waals surface area contributed by atoms with E-state index >= 15 is 0 Å². The van der Waals surface area contributed by atoms with Gasteiger partial charge in [-0.3, -0.25) is 4.79 Å². The van der Waals surface area contributed by atoms with Crippen molar-refractivity contribution in [2.45, 2.75) is 38.6 Å². The van der Waals surface area contributed by atoms with Crippen LogP contribution in [0.3, 0.4) is 0 Å². The standard InChI is InChI=1S/C13H24N2O4S/c1-2-20(17,18)15-8-4-9-19-10-7-14-13(16)11-5-3-6-12(11)15/h11-12H,2-10H2,1H3,(H,14,16)/t11-,12+/m1/s1. The maximum atomic E-state index is 12.3. The Balaban J connectivity index is 2.23. The minimum absolute atomic E-state index is 0.0331. The zero-order valence-corrected chi connectivity index (χ0v) is 12.8. The van der Waals surface area contributed by atoms with Crippen LogP contribution in [0.5, 0.6) is 0 Å². The van der Waals surface area contributed by atoms with Crippen LogP contribution in [0.15, 0.2) is 0 Å². The predicted octanol–water partition coefficient (Wildman–Crippen LogP) is 0.343. The molecule has 116 valence electrons. The summed E-state index contributed by atoms with van der Waals surface area (Å²) in [6.07, 6.45) is 3.14. The molecule has 0 radical (unpaired) electrons. The van der Waals surface area contributed by atoms with E-state index in [9.17, 15) is 13.2 Å². The second-order valence-electron chi connectivity index (χ2n) is 5.37. The van der Waals surface area contributed by atoms with E-state index < -0.39 is 10.0 Å². The van der Waals surface area contributed by atoms with Crippen molar-refractivity contribution in [1.29, 1.82) is 0 Å². The lowest BCUT2D eigenvalue weighted by Gasteiger charge is -2.31. The zero-order valence-electron chi connectivity index (χ0n) is 12.0. The first kappa shape index (κ1) is 15.7. The summed E-state index contributed by atoms with van der Waals surface area (Å²) in [6, 6.07) is -0.182. The first-order valence-corrected chi connectivity index (χ1v) is 9.02. The van der Waals surface area contributed by atoms with Crippen molar-refractivity contribution in [3.05, 3.63) is 0 Å². The smallest absolute Gasteiger partial charge is 0.224 e. The lowest BCUT2D eigenvalue weighted by atomic mass is 10.0. The van der Waals surface area contributed by atoms with Crippen LogP contribution in [0, 0.1) is 5.92 Å². The van der Waals surface area contributed by atoms with Crippen molar-refractivity contribution in [3.8, 4) is 0 Å². The molecule has 0 aromatic rings. The number of hydrogen-bond donors (Lipinski definition) is 1. The monoisotopic (exact) mass is 304 g/mol. The van der Waals surface area contributed by atoms with E-state index in [1.165, 1.54) is 0 Å². The van der Waals surface area contributed by atoms with Gasteiger partial charge >= 0.3 is 0 Å². The Morgan fingerprint density at radius 3 is 2.85 bits per heavy atom. The molecule has 0 aromatic heterocycles. The molecular weight excluding hydrogens is 280 g/mol. The van der Waals surface area contributed by atoms with Crippen molar-refractivity contribution in [3.63, 3.8) is 0 Å². The highest BCUT2D eigenvalue weighted by Gasteiger charge is 2.40. The van der Waals surface area contributed by atoms with E-state index in [2.05, 4.69) is 5.32 Å². The number of hydrogen-bond acceptors (Lipinski definition) is 4. The van der Waals surface area contributed by atoms with Crippen LogP contribution in [-0.2, 0) is 19.6 Å². The van der Waals surface area contributed by atoms with Gasteiger partial charge < -0.3 is 10.1 Å². The van der Waals surface area contributed by atoms with Gasteiger partial charge in [0.25, 0.3) is 0 Å². The van der Waals surface area contributed by atoms with Crippen LogP contribution in [0.25, 0.3) is 0 Å². The van der Waals surface area contributed by atoms with Gasteiger partial charge in [0.15, 0.2) is 0 Å². The Kier molecular flexibility index (Phi) is 5.40. The fourth-order valence-electron chi connectivity index (χ4n) is 3.07. The quantitative estimate of drug-likeness (QED) is 0.798. The minimum atomic E-state index is -3.28. The van der Waals surface area contributed by atoms with Crippen LogP contribution in [0.1, 0.15) is 32.6 Å². The second-order valence-corrected chi connectivity index (χ2v) is 7.58. The molecule has 1 saturated carbocycles. The Morgan fingerprint density at radius 2 is 2.10 bits per heavy atom. The molecule has 0 unspecified atom stereocenters. The fraction of sp³-hybridized carbons (Fsp3) is 0.923. The summed E-state index contributed by atoms with van der Waals surface area (Å²) in [5, 5.41) is 2.86. The average molecular weight is 304 g/mol. The van der Waals surface area contributed by atoms with Crippen molar-refractivity contribution in [1.82, 2.24) is 9.62 Å². The summed E-state index contributed by atoms with van der Waals surface area (Å²) in [5.74, 6) is -0.165. The van der Waals surface area contributed by atoms with Gasteiger partial charge in [-0.25, -0.2) is 8.42 Å². The van der Waals surface area contributed by atoms with E-state index in [4.69, 9.17) is 4.74 Å². The third-order valence-corrected chi connectivity index (χ3v) is 6.02. The molecule has 1 N–H and O–H groups in total. The SMILES string of the molecule is CCS(=O)(=O)N1CCCOCCNC(=O)[C@@H]2CCC[C@@H]21. The van der Waals surface area contributed by atoms with E-state index in [0.717, 1.165) is 19.3 Å². The van der Waals surface area contributed by atoms with Crippen molar-refractivity contribution in [2.24, 2.45) is 5.92 Å². The van der Waals surface area contributed by atoms with Crippen LogP contribution in [0.4, 0.5) is 0 Å². The molecule has 7 heteroatoms. The molecular formula is C13H24N2O4S. The number of carbonyl (C=O) groups is 1. The molecule has 1 aliphatic heterocycles. The number of sulfonamides is 1. The zero-order chi connectivity index (χ0) is 14.6. The highest BCUT2D eigenvalue weighted by atomic mass is 32.2. The largest absolute Gasteiger partial charge is 0.380 e. The molecule has 1 amide bonds. The van der Waals surface area contributed by atoms with E-state index in [1.807, 2.05) is 0 Å². The molecule has 1 aliphatic carbocycles. The molecule has 2 rings (SSSR count). The third-order valence-electron chi connectivity index (χ3n) is 4.12. The van der Waals surface area contributed by atoms with Crippen LogP contribution in [-0.4, -0.2) is 56.7 Å². The molecule has 2 atom stereocenters. The number of rotatable bonds is 2. The summed E-state index contributed by atoms with van der Waals surface area (Å²) in [5.41, 5.74) is 0. The Bertz CT molecular complexity index is 438. The fourth-order valence-corrected chi connectivity index (χ4v) is 4.47. The van der Waals surface area contributed by atoms with Gasteiger partial charge in [0.05, 0.1) is 18.3 Å². The molecule has 2 aliphatic rings. The number of amides is 1. The average Bonchev–Trinajstić information content (AvgIpc) is 2.88. The van der Waals surface area contributed by atoms with Gasteiger partial charge in [0, 0.05) is 25.7 Å². The first-order valence-electron chi connectivity index (χ1n) is 7.41. The molecule has 2 fully saturated rings. The maximum Gasteiger partial charge on any atom is 0.224 e. The van der Waals surface area contributed by atoms with Gasteiger partial charge in [-0.1, -0.05) is 6.42 Å². The molecule has 20 heavy (non-hydrogen) atoms. The van der Waals surface area contributed by atoms with Crippen LogP contribution < -0.4 is 5.32 Å². The topological polar surface area (TPSA) is 75.7 Å². The molecule has 1 saturated heterocycles. The number of nitrogens with one attached hydrogen (secondary N) is 1. The predicted molar refractivity (Wildman–Crippen MR) is 75.7 cm³/mol. The van der Waals surface area contributed by atoms with Crippen molar-refractivity contribution >= 4 is 15.9 Å². The van der Waals surface area contributed by atoms with Crippen molar-refractivity contribution in [2.75, 3.05) is 32.1 Å². The van der Waals surface area contributed by atoms with Crippen LogP contribution in [0.2, 0.25) is 0 Å². The molecule has 0 bridgehead atoms. The summed E-state index contributed by atoms with van der Waals surface area (Å²) < 4.78 is 31.6. The highest BCUT2D eigenvalue weighted by Crippen LogP contribution is 2.32. The molecule has 0 spiro atoms. The normalized spacial score (nSPS) is 30.4. The van der Waals surface area contributed by atoms with Gasteiger partial charge in [-0.15, -0.1) is 0 Å². The number of carbonyl (C=O) groups excluding carboxylic acids is 1. The summed E-state index contributed by atoms with van der Waals surface area (Å²) in [7, 11) is -3.28. The lowest BCUT2D eigenvalue weighted by molar-refractivity contribution is -0.126. The first-order chi connectivity index (χ1) is 9.56. The van der Waals surface area contributed by atoms with E-state index in [-0.39, 0.29) is 23.6 Å². The number of ether oxygens (including phenoxy) is 1. The van der Waals surface area contributed by atoms with Gasteiger partial charge in [-0.05, 0) is 26.2 Å². The minimum Gasteiger partial charge on any atom is -0.380 e. The Morgan fingerprint density at radius 1 is 1.30 bits per heavy atom. The molecule has 1 heterocycles. The molecule has 0 aromatic carbocycles. The second kappa shape index (κ2) is 6.87. The summed E-state index contributed by atoms with van der Waals surface area (Å²) in [4.78, 5) is 12.2. The Hall–Kier alpha value is -0.660. The lowest BCUT2D eigenvalue weighted by Crippen LogP contribution is -2.47. The third kappa shape index (κ3) is 3.51. The van der Waals surface area contributed by atoms with E-state index in [0.29, 0.717) is 32.7 Å².